The van der Waals surface area contributed by atoms with E-state index in [9.17, 15) is 0 Å². The molecule has 1 heterocycles. The van der Waals surface area contributed by atoms with Gasteiger partial charge in [-0.3, -0.25) is 0 Å². The molecule has 0 aliphatic heterocycles. The van der Waals surface area contributed by atoms with Crippen molar-refractivity contribution in [1.82, 2.24) is 9.78 Å². The maximum Gasteiger partial charge on any atom is 0.0670 e. The van der Waals surface area contributed by atoms with Crippen LogP contribution < -0.4 is 5.73 Å². The maximum atomic E-state index is 8.68. The molecule has 0 aliphatic carbocycles. The number of anilines is 1. The second-order valence-corrected chi connectivity index (χ2v) is 3.62. The number of aromatic nitrogens is 2. The first-order valence-corrected chi connectivity index (χ1v) is 4.98. The number of rotatable bonds is 2. The highest BCUT2D eigenvalue weighted by atomic mass is 15.3. The lowest BCUT2D eigenvalue weighted by Crippen LogP contribution is -1.99. The molecule has 80 valence electrons. The van der Waals surface area contributed by atoms with Crippen LogP contribution in [0, 0.1) is 18.3 Å². The van der Waals surface area contributed by atoms with Crippen LogP contribution in [-0.4, -0.2) is 9.78 Å². The average Bonchev–Trinajstić information content (AvgIpc) is 2.69. The van der Waals surface area contributed by atoms with Crippen LogP contribution in [0.5, 0.6) is 0 Å². The number of nitrogens with two attached hydrogens (primary N) is 1. The number of nitrogen functional groups attached to an aromatic ring is 1. The number of nitrogens with zero attached hydrogens (tertiary/aromatic N) is 3. The van der Waals surface area contributed by atoms with Crippen molar-refractivity contribution in [2.75, 3.05) is 5.73 Å². The van der Waals surface area contributed by atoms with E-state index in [1.165, 1.54) is 0 Å². The SMILES string of the molecule is Cc1ccn(-c2ccc(N)c(CC#N)c2)n1. The summed E-state index contributed by atoms with van der Waals surface area (Å²) in [5, 5.41) is 13.0. The van der Waals surface area contributed by atoms with Crippen LogP contribution in [0.1, 0.15) is 11.3 Å². The Morgan fingerprint density at radius 1 is 1.44 bits per heavy atom. The van der Waals surface area contributed by atoms with Crippen molar-refractivity contribution in [3.05, 3.63) is 41.7 Å². The average molecular weight is 212 g/mol. The summed E-state index contributed by atoms with van der Waals surface area (Å²) in [6.45, 7) is 1.93. The van der Waals surface area contributed by atoms with Gasteiger partial charge in [0.1, 0.15) is 0 Å². The van der Waals surface area contributed by atoms with Crippen molar-refractivity contribution in [3.8, 4) is 11.8 Å². The third kappa shape index (κ3) is 1.89. The predicted molar refractivity (Wildman–Crippen MR) is 62.0 cm³/mol. The summed E-state index contributed by atoms with van der Waals surface area (Å²) in [7, 11) is 0. The molecule has 1 aromatic carbocycles. The molecule has 0 saturated heterocycles. The van der Waals surface area contributed by atoms with E-state index in [0.717, 1.165) is 16.9 Å². The Hall–Kier alpha value is -2.28. The highest BCUT2D eigenvalue weighted by molar-refractivity contribution is 5.53. The molecule has 0 bridgehead atoms. The highest BCUT2D eigenvalue weighted by Crippen LogP contribution is 2.17. The zero-order valence-corrected chi connectivity index (χ0v) is 9.01. The largest absolute Gasteiger partial charge is 0.398 e. The van der Waals surface area contributed by atoms with Gasteiger partial charge in [-0.05, 0) is 36.8 Å². The summed E-state index contributed by atoms with van der Waals surface area (Å²) in [6, 6.07) is 9.62. The van der Waals surface area contributed by atoms with Gasteiger partial charge in [0.25, 0.3) is 0 Å². The Morgan fingerprint density at radius 3 is 2.88 bits per heavy atom. The van der Waals surface area contributed by atoms with Gasteiger partial charge in [-0.25, -0.2) is 4.68 Å². The number of hydrogen-bond donors (Lipinski definition) is 1. The lowest BCUT2D eigenvalue weighted by molar-refractivity contribution is 0.861. The topological polar surface area (TPSA) is 67.6 Å². The van der Waals surface area contributed by atoms with Crippen LogP contribution in [0.2, 0.25) is 0 Å². The molecular formula is C12H12N4. The van der Waals surface area contributed by atoms with Crippen LogP contribution in [0.4, 0.5) is 5.69 Å². The molecule has 0 saturated carbocycles. The van der Waals surface area contributed by atoms with Gasteiger partial charge in [-0.2, -0.15) is 10.4 Å². The summed E-state index contributed by atoms with van der Waals surface area (Å²) in [6.07, 6.45) is 2.21. The lowest BCUT2D eigenvalue weighted by atomic mass is 10.1. The Morgan fingerprint density at radius 2 is 2.25 bits per heavy atom. The van der Waals surface area contributed by atoms with Crippen LogP contribution >= 0.6 is 0 Å². The van der Waals surface area contributed by atoms with E-state index >= 15 is 0 Å². The second kappa shape index (κ2) is 4.07. The number of nitriles is 1. The van der Waals surface area contributed by atoms with Crippen molar-refractivity contribution in [3.63, 3.8) is 0 Å². The van der Waals surface area contributed by atoms with Gasteiger partial charge in [0, 0.05) is 11.9 Å². The molecule has 2 rings (SSSR count). The molecule has 0 aliphatic rings. The summed E-state index contributed by atoms with van der Waals surface area (Å²) >= 11 is 0. The normalized spacial score (nSPS) is 10.0. The third-order valence-electron chi connectivity index (χ3n) is 2.38. The van der Waals surface area contributed by atoms with E-state index in [0.29, 0.717) is 12.1 Å². The minimum Gasteiger partial charge on any atom is -0.398 e. The highest BCUT2D eigenvalue weighted by Gasteiger charge is 2.03. The summed E-state index contributed by atoms with van der Waals surface area (Å²) in [5.74, 6) is 0. The first-order chi connectivity index (χ1) is 7.70. The van der Waals surface area contributed by atoms with Gasteiger partial charge in [0.2, 0.25) is 0 Å². The first kappa shape index (κ1) is 10.2. The molecule has 2 N–H and O–H groups in total. The predicted octanol–water partition coefficient (Wildman–Crippen LogP) is 1.83. The minimum absolute atomic E-state index is 0.319. The van der Waals surface area contributed by atoms with Crippen molar-refractivity contribution < 1.29 is 0 Å². The van der Waals surface area contributed by atoms with Gasteiger partial charge in [0.15, 0.2) is 0 Å². The lowest BCUT2D eigenvalue weighted by Gasteiger charge is -2.06. The fraction of sp³-hybridized carbons (Fsp3) is 0.167. The summed E-state index contributed by atoms with van der Waals surface area (Å²) in [5.41, 5.74) is 9.15. The smallest absolute Gasteiger partial charge is 0.0670 e. The van der Waals surface area contributed by atoms with Crippen molar-refractivity contribution in [1.29, 1.82) is 5.26 Å². The molecular weight excluding hydrogens is 200 g/mol. The molecule has 4 heteroatoms. The van der Waals surface area contributed by atoms with E-state index in [1.54, 1.807) is 10.7 Å². The molecule has 0 atom stereocenters. The Balaban J connectivity index is 2.43. The van der Waals surface area contributed by atoms with Gasteiger partial charge in [0.05, 0.1) is 23.9 Å². The zero-order valence-electron chi connectivity index (χ0n) is 9.01. The monoisotopic (exact) mass is 212 g/mol. The molecule has 16 heavy (non-hydrogen) atoms. The summed E-state index contributed by atoms with van der Waals surface area (Å²) < 4.78 is 1.77. The molecule has 1 aromatic heterocycles. The Bertz CT molecular complexity index is 548. The third-order valence-corrected chi connectivity index (χ3v) is 2.38. The van der Waals surface area contributed by atoms with Gasteiger partial charge < -0.3 is 5.73 Å². The first-order valence-electron chi connectivity index (χ1n) is 4.98. The van der Waals surface area contributed by atoms with Crippen LogP contribution in [0.3, 0.4) is 0 Å². The fourth-order valence-electron chi connectivity index (χ4n) is 1.53. The minimum atomic E-state index is 0.319. The zero-order chi connectivity index (χ0) is 11.5. The number of hydrogen-bond acceptors (Lipinski definition) is 3. The Kier molecular flexibility index (Phi) is 2.61. The van der Waals surface area contributed by atoms with Crippen LogP contribution in [-0.2, 0) is 6.42 Å². The van der Waals surface area contributed by atoms with E-state index in [2.05, 4.69) is 11.2 Å². The fourth-order valence-corrected chi connectivity index (χ4v) is 1.53. The molecule has 2 aromatic rings. The Labute approximate surface area is 93.9 Å². The van der Waals surface area contributed by atoms with E-state index < -0.39 is 0 Å². The van der Waals surface area contributed by atoms with Crippen LogP contribution in [0.25, 0.3) is 5.69 Å². The van der Waals surface area contributed by atoms with Crippen LogP contribution in [0.15, 0.2) is 30.5 Å². The standard InChI is InChI=1S/C12H12N4/c1-9-5-7-16(15-9)11-2-3-12(14)10(8-11)4-6-13/h2-3,5,7-8H,4,14H2,1H3. The van der Waals surface area contributed by atoms with Crippen molar-refractivity contribution >= 4 is 5.69 Å². The van der Waals surface area contributed by atoms with Gasteiger partial charge in [-0.15, -0.1) is 0 Å². The van der Waals surface area contributed by atoms with Gasteiger partial charge >= 0.3 is 0 Å². The van der Waals surface area contributed by atoms with E-state index in [4.69, 9.17) is 11.0 Å². The van der Waals surface area contributed by atoms with E-state index in [-0.39, 0.29) is 0 Å². The maximum absolute atomic E-state index is 8.68. The van der Waals surface area contributed by atoms with Gasteiger partial charge in [-0.1, -0.05) is 0 Å². The second-order valence-electron chi connectivity index (χ2n) is 3.62. The number of benzene rings is 1. The molecule has 0 radical (unpaired) electrons. The molecule has 0 unspecified atom stereocenters. The van der Waals surface area contributed by atoms with E-state index in [1.807, 2.05) is 31.3 Å². The molecule has 0 spiro atoms. The molecule has 0 amide bonds. The molecule has 0 fully saturated rings. The molecule has 4 nitrogen and oxygen atoms in total. The number of aryl methyl sites for hydroxylation is 1. The van der Waals surface area contributed by atoms with Crippen molar-refractivity contribution in [2.45, 2.75) is 13.3 Å². The quantitative estimate of drug-likeness (QED) is 0.772. The summed E-state index contributed by atoms with van der Waals surface area (Å²) in [4.78, 5) is 0. The van der Waals surface area contributed by atoms with Crippen molar-refractivity contribution in [2.24, 2.45) is 0 Å².